The first kappa shape index (κ1) is 18.7. The highest BCUT2D eigenvalue weighted by Gasteiger charge is 2.21. The summed E-state index contributed by atoms with van der Waals surface area (Å²) in [6.45, 7) is 5.20. The van der Waals surface area contributed by atoms with Crippen molar-refractivity contribution < 1.29 is 9.84 Å². The standard InChI is InChI=1S/C19H31N3O2/c1-2-20-19(21-12-6-9-16-7-4-3-5-8-16)22-13-18(23)15-24-14-17-10-11-17/h3-5,7-8,17-18,23H,2,6,9-15H2,1H3,(H2,20,21,22). The minimum atomic E-state index is -0.538. The van der Waals surface area contributed by atoms with E-state index in [1.165, 1.54) is 18.4 Å². The molecule has 2 rings (SSSR count). The molecule has 5 nitrogen and oxygen atoms in total. The van der Waals surface area contributed by atoms with E-state index in [0.717, 1.165) is 44.4 Å². The van der Waals surface area contributed by atoms with Crippen LogP contribution in [0.5, 0.6) is 0 Å². The number of aliphatic hydroxyl groups is 1. The molecule has 0 bridgehead atoms. The first-order valence-corrected chi connectivity index (χ1v) is 9.10. The summed E-state index contributed by atoms with van der Waals surface area (Å²) in [6, 6.07) is 10.5. The number of aliphatic imine (C=N–C) groups is 1. The number of ether oxygens (including phenoxy) is 1. The van der Waals surface area contributed by atoms with Crippen molar-refractivity contribution in [2.45, 2.75) is 38.7 Å². The number of guanidine groups is 1. The largest absolute Gasteiger partial charge is 0.389 e. The van der Waals surface area contributed by atoms with E-state index < -0.39 is 6.10 Å². The normalized spacial score (nSPS) is 16.0. The van der Waals surface area contributed by atoms with Crippen molar-refractivity contribution in [3.63, 3.8) is 0 Å². The molecule has 1 aromatic rings. The van der Waals surface area contributed by atoms with E-state index >= 15 is 0 Å². The van der Waals surface area contributed by atoms with Crippen LogP contribution >= 0.6 is 0 Å². The van der Waals surface area contributed by atoms with Crippen LogP contribution < -0.4 is 10.6 Å². The fraction of sp³-hybridized carbons (Fsp3) is 0.632. The number of benzene rings is 1. The lowest BCUT2D eigenvalue weighted by Crippen LogP contribution is -2.38. The molecule has 1 saturated carbocycles. The third-order valence-electron chi connectivity index (χ3n) is 3.94. The molecule has 0 amide bonds. The Morgan fingerprint density at radius 3 is 2.79 bits per heavy atom. The molecule has 134 valence electrons. The number of aliphatic hydroxyl groups excluding tert-OH is 1. The molecular formula is C19H31N3O2. The van der Waals surface area contributed by atoms with E-state index in [-0.39, 0.29) is 0 Å². The summed E-state index contributed by atoms with van der Waals surface area (Å²) in [5.41, 5.74) is 1.35. The highest BCUT2D eigenvalue weighted by atomic mass is 16.5. The summed E-state index contributed by atoms with van der Waals surface area (Å²) < 4.78 is 5.50. The highest BCUT2D eigenvalue weighted by molar-refractivity contribution is 5.79. The smallest absolute Gasteiger partial charge is 0.191 e. The van der Waals surface area contributed by atoms with Gasteiger partial charge in [0.15, 0.2) is 5.96 Å². The molecule has 0 saturated heterocycles. The number of hydrogen-bond acceptors (Lipinski definition) is 3. The Labute approximate surface area is 145 Å². The van der Waals surface area contributed by atoms with E-state index in [0.29, 0.717) is 13.2 Å². The summed E-state index contributed by atoms with van der Waals surface area (Å²) in [5.74, 6) is 1.48. The van der Waals surface area contributed by atoms with Crippen molar-refractivity contribution in [1.82, 2.24) is 10.6 Å². The fourth-order valence-corrected chi connectivity index (χ4v) is 2.39. The maximum Gasteiger partial charge on any atom is 0.191 e. The zero-order valence-corrected chi connectivity index (χ0v) is 14.7. The minimum Gasteiger partial charge on any atom is -0.389 e. The van der Waals surface area contributed by atoms with Gasteiger partial charge in [-0.1, -0.05) is 30.3 Å². The molecule has 0 aromatic heterocycles. The molecular weight excluding hydrogens is 302 g/mol. The maximum absolute atomic E-state index is 9.93. The summed E-state index contributed by atoms with van der Waals surface area (Å²) in [4.78, 5) is 4.44. The molecule has 1 unspecified atom stereocenters. The number of aryl methyl sites for hydroxylation is 1. The predicted octanol–water partition coefficient (Wildman–Crippen LogP) is 1.96. The summed E-state index contributed by atoms with van der Waals surface area (Å²) in [7, 11) is 0. The average molecular weight is 333 g/mol. The Morgan fingerprint density at radius 1 is 1.29 bits per heavy atom. The van der Waals surface area contributed by atoms with Crippen molar-refractivity contribution in [3.05, 3.63) is 35.9 Å². The number of hydrogen-bond donors (Lipinski definition) is 3. The SMILES string of the molecule is CCNC(=NCC(O)COCC1CC1)NCCCc1ccccc1. The van der Waals surface area contributed by atoms with E-state index in [1.54, 1.807) is 0 Å². The lowest BCUT2D eigenvalue weighted by atomic mass is 10.1. The Balaban J connectivity index is 1.61. The van der Waals surface area contributed by atoms with Gasteiger partial charge in [0.1, 0.15) is 0 Å². The van der Waals surface area contributed by atoms with Crippen LogP contribution in [-0.4, -0.2) is 50.0 Å². The molecule has 0 radical (unpaired) electrons. The zero-order valence-electron chi connectivity index (χ0n) is 14.7. The lowest BCUT2D eigenvalue weighted by Gasteiger charge is -2.13. The molecule has 3 N–H and O–H groups in total. The van der Waals surface area contributed by atoms with Gasteiger partial charge in [-0.2, -0.15) is 0 Å². The van der Waals surface area contributed by atoms with E-state index in [4.69, 9.17) is 4.74 Å². The minimum absolute atomic E-state index is 0.360. The molecule has 5 heteroatoms. The van der Waals surface area contributed by atoms with Crippen molar-refractivity contribution in [3.8, 4) is 0 Å². The van der Waals surface area contributed by atoms with Crippen molar-refractivity contribution >= 4 is 5.96 Å². The number of nitrogens with zero attached hydrogens (tertiary/aromatic N) is 1. The first-order chi connectivity index (χ1) is 11.8. The van der Waals surface area contributed by atoms with Crippen LogP contribution in [0.3, 0.4) is 0 Å². The van der Waals surface area contributed by atoms with Gasteiger partial charge in [0.2, 0.25) is 0 Å². The van der Waals surface area contributed by atoms with E-state index in [9.17, 15) is 5.11 Å². The van der Waals surface area contributed by atoms with Crippen LogP contribution in [0.25, 0.3) is 0 Å². The molecule has 1 aromatic carbocycles. The number of nitrogens with one attached hydrogen (secondary N) is 2. The molecule has 0 spiro atoms. The van der Waals surface area contributed by atoms with Gasteiger partial charge in [0.05, 0.1) is 19.3 Å². The van der Waals surface area contributed by atoms with Gasteiger partial charge in [-0.15, -0.1) is 0 Å². The Morgan fingerprint density at radius 2 is 2.08 bits per heavy atom. The Hall–Kier alpha value is -1.59. The second kappa shape index (κ2) is 11.0. The van der Waals surface area contributed by atoms with Crippen molar-refractivity contribution in [2.75, 3.05) is 32.8 Å². The summed E-state index contributed by atoms with van der Waals surface area (Å²) >= 11 is 0. The molecule has 0 aliphatic heterocycles. The molecule has 1 aliphatic rings. The van der Waals surface area contributed by atoms with Gasteiger partial charge >= 0.3 is 0 Å². The lowest BCUT2D eigenvalue weighted by molar-refractivity contribution is 0.0368. The zero-order chi connectivity index (χ0) is 17.0. The van der Waals surface area contributed by atoms with Crippen molar-refractivity contribution in [1.29, 1.82) is 0 Å². The van der Waals surface area contributed by atoms with Crippen LogP contribution in [0.2, 0.25) is 0 Å². The average Bonchev–Trinajstić information content (AvgIpc) is 3.41. The van der Waals surface area contributed by atoms with E-state index in [1.807, 2.05) is 13.0 Å². The van der Waals surface area contributed by atoms with Gasteiger partial charge < -0.3 is 20.5 Å². The second-order valence-electron chi connectivity index (χ2n) is 6.37. The predicted molar refractivity (Wildman–Crippen MR) is 98.3 cm³/mol. The van der Waals surface area contributed by atoms with Gasteiger partial charge in [-0.25, -0.2) is 0 Å². The molecule has 1 atom stereocenters. The van der Waals surface area contributed by atoms with Crippen molar-refractivity contribution in [2.24, 2.45) is 10.9 Å². The van der Waals surface area contributed by atoms with Crippen LogP contribution in [0, 0.1) is 5.92 Å². The van der Waals surface area contributed by atoms with Crippen LogP contribution in [0.4, 0.5) is 0 Å². The van der Waals surface area contributed by atoms with Gasteiger partial charge in [0.25, 0.3) is 0 Å². The Kier molecular flexibility index (Phi) is 8.63. The third-order valence-corrected chi connectivity index (χ3v) is 3.94. The topological polar surface area (TPSA) is 65.9 Å². The van der Waals surface area contributed by atoms with Crippen LogP contribution in [0.1, 0.15) is 31.7 Å². The summed E-state index contributed by atoms with van der Waals surface area (Å²) in [6.07, 6.45) is 4.09. The monoisotopic (exact) mass is 333 g/mol. The van der Waals surface area contributed by atoms with Crippen LogP contribution in [-0.2, 0) is 11.2 Å². The van der Waals surface area contributed by atoms with Gasteiger partial charge in [-0.05, 0) is 44.1 Å². The van der Waals surface area contributed by atoms with Gasteiger partial charge in [-0.3, -0.25) is 4.99 Å². The fourth-order valence-electron chi connectivity index (χ4n) is 2.39. The van der Waals surface area contributed by atoms with E-state index in [2.05, 4.69) is 39.9 Å². The first-order valence-electron chi connectivity index (χ1n) is 9.10. The number of rotatable bonds is 11. The molecule has 1 aliphatic carbocycles. The molecule has 0 heterocycles. The molecule has 24 heavy (non-hydrogen) atoms. The summed E-state index contributed by atoms with van der Waals surface area (Å²) in [5, 5.41) is 16.5. The van der Waals surface area contributed by atoms with Gasteiger partial charge in [0, 0.05) is 19.7 Å². The maximum atomic E-state index is 9.93. The van der Waals surface area contributed by atoms with Crippen LogP contribution in [0.15, 0.2) is 35.3 Å². The highest BCUT2D eigenvalue weighted by Crippen LogP contribution is 2.28. The Bertz CT molecular complexity index is 475. The third kappa shape index (κ3) is 8.31. The second-order valence-corrected chi connectivity index (χ2v) is 6.37. The quantitative estimate of drug-likeness (QED) is 0.329. The molecule has 1 fully saturated rings.